The zero-order valence-corrected chi connectivity index (χ0v) is 15.1. The first-order chi connectivity index (χ1) is 11.8. The maximum atomic E-state index is 11.3. The maximum absolute atomic E-state index is 11.3. The van der Waals surface area contributed by atoms with Gasteiger partial charge in [0.1, 0.15) is 5.75 Å². The Bertz CT molecular complexity index is 934. The standard InChI is InChI=1S/C18H20N2O4S/c1-11-12(2)17(23-3)9-8-15(11)16-10-18(24-20-16)13-4-6-14(7-5-13)25(19,21)22/h4-9,18H,10H2,1-3H3,(H2,19,21,22). The Hall–Kier alpha value is -2.38. The summed E-state index contributed by atoms with van der Waals surface area (Å²) in [7, 11) is -2.04. The molecule has 1 heterocycles. The van der Waals surface area contributed by atoms with Crippen LogP contribution in [0.4, 0.5) is 0 Å². The Morgan fingerprint density at radius 1 is 1.12 bits per heavy atom. The van der Waals surface area contributed by atoms with Crippen molar-refractivity contribution in [3.63, 3.8) is 0 Å². The largest absolute Gasteiger partial charge is 0.496 e. The lowest BCUT2D eigenvalue weighted by Crippen LogP contribution is -2.12. The van der Waals surface area contributed by atoms with E-state index in [-0.39, 0.29) is 11.0 Å². The second kappa shape index (κ2) is 6.50. The maximum Gasteiger partial charge on any atom is 0.238 e. The summed E-state index contributed by atoms with van der Waals surface area (Å²) in [5.41, 5.74) is 4.93. The molecule has 0 saturated heterocycles. The third kappa shape index (κ3) is 3.38. The molecule has 6 nitrogen and oxygen atoms in total. The van der Waals surface area contributed by atoms with Crippen molar-refractivity contribution in [2.75, 3.05) is 7.11 Å². The number of hydrogen-bond acceptors (Lipinski definition) is 5. The lowest BCUT2D eigenvalue weighted by Gasteiger charge is -2.12. The molecule has 7 heteroatoms. The van der Waals surface area contributed by atoms with E-state index in [4.69, 9.17) is 14.7 Å². The highest BCUT2D eigenvalue weighted by molar-refractivity contribution is 7.89. The van der Waals surface area contributed by atoms with Gasteiger partial charge in [0, 0.05) is 12.0 Å². The van der Waals surface area contributed by atoms with Gasteiger partial charge in [-0.2, -0.15) is 0 Å². The average Bonchev–Trinajstić information content (AvgIpc) is 3.06. The molecule has 3 rings (SSSR count). The first-order valence-corrected chi connectivity index (χ1v) is 9.36. The minimum Gasteiger partial charge on any atom is -0.496 e. The molecule has 1 aliphatic rings. The van der Waals surface area contributed by atoms with Gasteiger partial charge in [-0.3, -0.25) is 0 Å². The summed E-state index contributed by atoms with van der Waals surface area (Å²) in [6.45, 7) is 4.04. The molecular weight excluding hydrogens is 340 g/mol. The van der Waals surface area contributed by atoms with Gasteiger partial charge in [0.25, 0.3) is 0 Å². The summed E-state index contributed by atoms with van der Waals surface area (Å²) in [6, 6.07) is 10.3. The predicted molar refractivity (Wildman–Crippen MR) is 95.3 cm³/mol. The van der Waals surface area contributed by atoms with Gasteiger partial charge in [-0.25, -0.2) is 13.6 Å². The minimum atomic E-state index is -3.70. The second-order valence-electron chi connectivity index (χ2n) is 6.02. The fourth-order valence-corrected chi connectivity index (χ4v) is 3.43. The number of primary sulfonamides is 1. The van der Waals surface area contributed by atoms with E-state index in [1.54, 1.807) is 19.2 Å². The van der Waals surface area contributed by atoms with Gasteiger partial charge < -0.3 is 9.57 Å². The van der Waals surface area contributed by atoms with Crippen LogP contribution in [0.2, 0.25) is 0 Å². The molecular formula is C18H20N2O4S. The first kappa shape index (κ1) is 17.4. The van der Waals surface area contributed by atoms with E-state index in [0.29, 0.717) is 6.42 Å². The fraction of sp³-hybridized carbons (Fsp3) is 0.278. The summed E-state index contributed by atoms with van der Waals surface area (Å²) in [5, 5.41) is 9.35. The van der Waals surface area contributed by atoms with E-state index in [2.05, 4.69) is 5.16 Å². The summed E-state index contributed by atoms with van der Waals surface area (Å²) in [4.78, 5) is 5.64. The van der Waals surface area contributed by atoms with Crippen molar-refractivity contribution in [1.82, 2.24) is 0 Å². The second-order valence-corrected chi connectivity index (χ2v) is 7.58. The molecule has 0 bridgehead atoms. The number of nitrogens with zero attached hydrogens (tertiary/aromatic N) is 1. The first-order valence-electron chi connectivity index (χ1n) is 7.81. The number of methoxy groups -OCH3 is 1. The average molecular weight is 360 g/mol. The minimum absolute atomic E-state index is 0.0806. The van der Waals surface area contributed by atoms with Crippen LogP contribution in [-0.4, -0.2) is 21.2 Å². The van der Waals surface area contributed by atoms with Gasteiger partial charge in [-0.15, -0.1) is 0 Å². The quantitative estimate of drug-likeness (QED) is 0.907. The van der Waals surface area contributed by atoms with Crippen LogP contribution in [0.15, 0.2) is 46.4 Å². The molecule has 25 heavy (non-hydrogen) atoms. The summed E-state index contributed by atoms with van der Waals surface area (Å²) < 4.78 is 28.0. The lowest BCUT2D eigenvalue weighted by molar-refractivity contribution is 0.0857. The van der Waals surface area contributed by atoms with Crippen LogP contribution in [0.3, 0.4) is 0 Å². The Kier molecular flexibility index (Phi) is 4.53. The number of benzene rings is 2. The Labute approximate surface area is 147 Å². The number of oxime groups is 1. The van der Waals surface area contributed by atoms with E-state index in [0.717, 1.165) is 33.7 Å². The Morgan fingerprint density at radius 2 is 1.80 bits per heavy atom. The number of hydrogen-bond donors (Lipinski definition) is 1. The molecule has 0 spiro atoms. The molecule has 1 unspecified atom stereocenters. The fourth-order valence-electron chi connectivity index (χ4n) is 2.92. The highest BCUT2D eigenvalue weighted by atomic mass is 32.2. The monoisotopic (exact) mass is 360 g/mol. The molecule has 0 radical (unpaired) electrons. The van der Waals surface area contributed by atoms with Crippen molar-refractivity contribution in [3.05, 3.63) is 58.7 Å². The van der Waals surface area contributed by atoms with Crippen LogP contribution in [0.25, 0.3) is 0 Å². The number of rotatable bonds is 4. The molecule has 2 aromatic carbocycles. The van der Waals surface area contributed by atoms with E-state index in [1.807, 2.05) is 26.0 Å². The topological polar surface area (TPSA) is 91.0 Å². The lowest BCUT2D eigenvalue weighted by atomic mass is 9.94. The third-order valence-corrected chi connectivity index (χ3v) is 5.45. The van der Waals surface area contributed by atoms with Crippen molar-refractivity contribution in [2.45, 2.75) is 31.3 Å². The molecule has 0 saturated carbocycles. The molecule has 1 aliphatic heterocycles. The molecule has 1 atom stereocenters. The van der Waals surface area contributed by atoms with Crippen molar-refractivity contribution in [2.24, 2.45) is 10.3 Å². The van der Waals surface area contributed by atoms with Crippen LogP contribution in [0.5, 0.6) is 5.75 Å². The van der Waals surface area contributed by atoms with Crippen LogP contribution >= 0.6 is 0 Å². The van der Waals surface area contributed by atoms with Crippen molar-refractivity contribution >= 4 is 15.7 Å². The van der Waals surface area contributed by atoms with E-state index < -0.39 is 10.0 Å². The molecule has 0 fully saturated rings. The molecule has 0 aromatic heterocycles. The van der Waals surface area contributed by atoms with E-state index >= 15 is 0 Å². The van der Waals surface area contributed by atoms with Crippen molar-refractivity contribution in [3.8, 4) is 5.75 Å². The van der Waals surface area contributed by atoms with Gasteiger partial charge in [0.15, 0.2) is 6.10 Å². The zero-order chi connectivity index (χ0) is 18.2. The molecule has 132 valence electrons. The van der Waals surface area contributed by atoms with Crippen LogP contribution in [0, 0.1) is 13.8 Å². The smallest absolute Gasteiger partial charge is 0.238 e. The Balaban J connectivity index is 1.81. The highest BCUT2D eigenvalue weighted by Crippen LogP contribution is 2.33. The van der Waals surface area contributed by atoms with Crippen LogP contribution in [-0.2, 0) is 14.9 Å². The van der Waals surface area contributed by atoms with Crippen molar-refractivity contribution in [1.29, 1.82) is 0 Å². The summed E-state index contributed by atoms with van der Waals surface area (Å²) >= 11 is 0. The SMILES string of the molecule is COc1ccc(C2=NOC(c3ccc(S(N)(=O)=O)cc3)C2)c(C)c1C. The van der Waals surface area contributed by atoms with E-state index in [1.165, 1.54) is 12.1 Å². The van der Waals surface area contributed by atoms with Crippen LogP contribution < -0.4 is 9.88 Å². The Morgan fingerprint density at radius 3 is 2.40 bits per heavy atom. The van der Waals surface area contributed by atoms with Gasteiger partial charge in [-0.1, -0.05) is 17.3 Å². The molecule has 2 N–H and O–H groups in total. The van der Waals surface area contributed by atoms with Gasteiger partial charge in [-0.05, 0) is 54.8 Å². The van der Waals surface area contributed by atoms with Crippen LogP contribution in [0.1, 0.15) is 34.8 Å². The number of nitrogens with two attached hydrogens (primary N) is 1. The number of sulfonamides is 1. The summed E-state index contributed by atoms with van der Waals surface area (Å²) in [6.07, 6.45) is 0.368. The molecule has 0 amide bonds. The molecule has 2 aromatic rings. The highest BCUT2D eigenvalue weighted by Gasteiger charge is 2.25. The zero-order valence-electron chi connectivity index (χ0n) is 14.3. The van der Waals surface area contributed by atoms with Crippen molar-refractivity contribution < 1.29 is 18.0 Å². The third-order valence-electron chi connectivity index (χ3n) is 4.52. The van der Waals surface area contributed by atoms with E-state index in [9.17, 15) is 8.42 Å². The van der Waals surface area contributed by atoms with Gasteiger partial charge in [0.2, 0.25) is 10.0 Å². The normalized spacial score (nSPS) is 17.1. The predicted octanol–water partition coefficient (Wildman–Crippen LogP) is 2.83. The number of ether oxygens (including phenoxy) is 1. The van der Waals surface area contributed by atoms with Gasteiger partial charge >= 0.3 is 0 Å². The van der Waals surface area contributed by atoms with Gasteiger partial charge in [0.05, 0.1) is 17.7 Å². The molecule has 0 aliphatic carbocycles. The summed E-state index contributed by atoms with van der Waals surface area (Å²) in [5.74, 6) is 0.843.